The van der Waals surface area contributed by atoms with Gasteiger partial charge < -0.3 is 5.32 Å². The van der Waals surface area contributed by atoms with Gasteiger partial charge in [0.15, 0.2) is 0 Å². The molecule has 0 aromatic carbocycles. The van der Waals surface area contributed by atoms with Gasteiger partial charge in [-0.05, 0) is 18.9 Å². The van der Waals surface area contributed by atoms with Crippen LogP contribution in [0.15, 0.2) is 24.5 Å². The van der Waals surface area contributed by atoms with E-state index < -0.39 is 0 Å². The van der Waals surface area contributed by atoms with Crippen LogP contribution in [0.25, 0.3) is 0 Å². The molecule has 0 unspecified atom stereocenters. The number of anilines is 1. The number of nitrogens with zero attached hydrogens (tertiary/aromatic N) is 4. The fraction of sp³-hybridized carbons (Fsp3) is 0.538. The summed E-state index contributed by atoms with van der Waals surface area (Å²) in [6, 6.07) is 4.69. The first-order valence-electron chi connectivity index (χ1n) is 6.59. The maximum Gasteiger partial charge on any atom is 0.124 e. The lowest BCUT2D eigenvalue weighted by atomic mass is 10.3. The van der Waals surface area contributed by atoms with Gasteiger partial charge in [0.05, 0.1) is 24.5 Å². The van der Waals surface area contributed by atoms with Gasteiger partial charge in [-0.15, -0.1) is 0 Å². The van der Waals surface area contributed by atoms with Gasteiger partial charge in [0, 0.05) is 19.3 Å². The molecule has 0 spiro atoms. The second-order valence-electron chi connectivity index (χ2n) is 4.92. The Morgan fingerprint density at radius 2 is 2.17 bits per heavy atom. The Balaban J connectivity index is 1.61. The molecule has 0 bridgehead atoms. The van der Waals surface area contributed by atoms with Crippen molar-refractivity contribution in [1.82, 2.24) is 19.6 Å². The molecular formula is C13H19N5. The minimum Gasteiger partial charge on any atom is -0.365 e. The highest BCUT2D eigenvalue weighted by Crippen LogP contribution is 2.28. The molecule has 96 valence electrons. The summed E-state index contributed by atoms with van der Waals surface area (Å²) in [7, 11) is 1.93. The molecule has 0 aliphatic heterocycles. The molecule has 0 amide bonds. The fourth-order valence-corrected chi connectivity index (χ4v) is 2.57. The predicted molar refractivity (Wildman–Crippen MR) is 70.3 cm³/mol. The number of hydrogen-bond acceptors (Lipinski definition) is 3. The predicted octanol–water partition coefficient (Wildman–Crippen LogP) is 2.34. The molecule has 2 heterocycles. The van der Waals surface area contributed by atoms with Crippen LogP contribution in [-0.4, -0.2) is 19.6 Å². The van der Waals surface area contributed by atoms with Crippen molar-refractivity contribution < 1.29 is 0 Å². The van der Waals surface area contributed by atoms with E-state index in [1.807, 2.05) is 17.8 Å². The lowest BCUT2D eigenvalue weighted by molar-refractivity contribution is 0.463. The Morgan fingerprint density at radius 3 is 2.89 bits per heavy atom. The van der Waals surface area contributed by atoms with Crippen LogP contribution in [0.3, 0.4) is 0 Å². The van der Waals surface area contributed by atoms with Gasteiger partial charge in [-0.1, -0.05) is 12.8 Å². The first kappa shape index (κ1) is 11.3. The summed E-state index contributed by atoms with van der Waals surface area (Å²) in [6.45, 7) is 0.749. The van der Waals surface area contributed by atoms with Crippen molar-refractivity contribution in [2.45, 2.75) is 38.3 Å². The Hall–Kier alpha value is -1.78. The third-order valence-electron chi connectivity index (χ3n) is 3.63. The number of aromatic nitrogens is 4. The zero-order valence-electron chi connectivity index (χ0n) is 10.7. The quantitative estimate of drug-likeness (QED) is 0.899. The summed E-state index contributed by atoms with van der Waals surface area (Å²) in [5.41, 5.74) is 1.09. The number of aryl methyl sites for hydroxylation is 1. The second kappa shape index (κ2) is 4.84. The molecule has 1 N–H and O–H groups in total. The molecule has 2 aromatic heterocycles. The standard InChI is InChI=1S/C13H19N5/c1-17-13(6-8-15-17)14-10-11-7-9-18(16-11)12-4-2-3-5-12/h6-9,12,14H,2-5,10H2,1H3. The Morgan fingerprint density at radius 1 is 1.33 bits per heavy atom. The highest BCUT2D eigenvalue weighted by atomic mass is 15.3. The van der Waals surface area contributed by atoms with Crippen molar-refractivity contribution in [2.24, 2.45) is 7.05 Å². The van der Waals surface area contributed by atoms with Crippen molar-refractivity contribution in [2.75, 3.05) is 5.32 Å². The summed E-state index contributed by atoms with van der Waals surface area (Å²) in [4.78, 5) is 0. The minimum absolute atomic E-state index is 0.621. The van der Waals surface area contributed by atoms with E-state index in [0.717, 1.165) is 18.1 Å². The molecule has 0 radical (unpaired) electrons. The van der Waals surface area contributed by atoms with E-state index in [4.69, 9.17) is 0 Å². The van der Waals surface area contributed by atoms with Gasteiger partial charge in [0.25, 0.3) is 0 Å². The molecule has 3 rings (SSSR count). The zero-order chi connectivity index (χ0) is 12.4. The van der Waals surface area contributed by atoms with Crippen LogP contribution in [0, 0.1) is 0 Å². The van der Waals surface area contributed by atoms with E-state index in [1.165, 1.54) is 25.7 Å². The van der Waals surface area contributed by atoms with E-state index in [0.29, 0.717) is 6.04 Å². The van der Waals surface area contributed by atoms with Gasteiger partial charge in [-0.25, -0.2) is 0 Å². The van der Waals surface area contributed by atoms with Gasteiger partial charge >= 0.3 is 0 Å². The summed E-state index contributed by atoms with van der Waals surface area (Å²) in [5, 5.41) is 12.1. The molecule has 1 aliphatic carbocycles. The molecule has 1 saturated carbocycles. The second-order valence-corrected chi connectivity index (χ2v) is 4.92. The van der Waals surface area contributed by atoms with Crippen LogP contribution in [0.4, 0.5) is 5.82 Å². The van der Waals surface area contributed by atoms with E-state index in [1.54, 1.807) is 6.20 Å². The maximum absolute atomic E-state index is 4.65. The smallest absolute Gasteiger partial charge is 0.124 e. The van der Waals surface area contributed by atoms with Crippen LogP contribution < -0.4 is 5.32 Å². The third kappa shape index (κ3) is 2.25. The first-order valence-corrected chi connectivity index (χ1v) is 6.59. The Bertz CT molecular complexity index is 507. The molecule has 1 aliphatic rings. The van der Waals surface area contributed by atoms with Crippen molar-refractivity contribution in [1.29, 1.82) is 0 Å². The summed E-state index contributed by atoms with van der Waals surface area (Å²) >= 11 is 0. The van der Waals surface area contributed by atoms with E-state index >= 15 is 0 Å². The van der Waals surface area contributed by atoms with Crippen molar-refractivity contribution in [3.63, 3.8) is 0 Å². The van der Waals surface area contributed by atoms with Crippen LogP contribution in [0.1, 0.15) is 37.4 Å². The highest BCUT2D eigenvalue weighted by molar-refractivity contribution is 5.33. The summed E-state index contributed by atoms with van der Waals surface area (Å²) in [5.74, 6) is 1.02. The van der Waals surface area contributed by atoms with Crippen molar-refractivity contribution >= 4 is 5.82 Å². The summed E-state index contributed by atoms with van der Waals surface area (Å²) in [6.07, 6.45) is 9.13. The van der Waals surface area contributed by atoms with Crippen LogP contribution in [0.2, 0.25) is 0 Å². The SMILES string of the molecule is Cn1nccc1NCc1ccn(C2CCCC2)n1. The average Bonchev–Trinajstić information content (AvgIpc) is 3.08. The maximum atomic E-state index is 4.65. The van der Waals surface area contributed by atoms with Gasteiger partial charge in [0.2, 0.25) is 0 Å². The third-order valence-corrected chi connectivity index (χ3v) is 3.63. The lowest BCUT2D eigenvalue weighted by Gasteiger charge is -2.09. The highest BCUT2D eigenvalue weighted by Gasteiger charge is 2.17. The lowest BCUT2D eigenvalue weighted by Crippen LogP contribution is -2.08. The monoisotopic (exact) mass is 245 g/mol. The number of hydrogen-bond donors (Lipinski definition) is 1. The molecule has 1 fully saturated rings. The van der Waals surface area contributed by atoms with Gasteiger partial charge in [-0.3, -0.25) is 9.36 Å². The van der Waals surface area contributed by atoms with Gasteiger partial charge in [-0.2, -0.15) is 10.2 Å². The molecule has 2 aromatic rings. The fourth-order valence-electron chi connectivity index (χ4n) is 2.57. The minimum atomic E-state index is 0.621. The Labute approximate surface area is 107 Å². The molecule has 0 saturated heterocycles. The van der Waals surface area contributed by atoms with Crippen LogP contribution >= 0.6 is 0 Å². The van der Waals surface area contributed by atoms with Crippen LogP contribution in [0.5, 0.6) is 0 Å². The summed E-state index contributed by atoms with van der Waals surface area (Å²) < 4.78 is 3.96. The topological polar surface area (TPSA) is 47.7 Å². The van der Waals surface area contributed by atoms with E-state index in [-0.39, 0.29) is 0 Å². The molecule has 18 heavy (non-hydrogen) atoms. The van der Waals surface area contributed by atoms with Crippen LogP contribution in [-0.2, 0) is 13.6 Å². The zero-order valence-corrected chi connectivity index (χ0v) is 10.7. The molecule has 5 heteroatoms. The van der Waals surface area contributed by atoms with Crippen molar-refractivity contribution in [3.05, 3.63) is 30.2 Å². The molecule has 5 nitrogen and oxygen atoms in total. The number of nitrogens with one attached hydrogen (secondary N) is 1. The molecular weight excluding hydrogens is 226 g/mol. The van der Waals surface area contributed by atoms with Crippen molar-refractivity contribution in [3.8, 4) is 0 Å². The van der Waals surface area contributed by atoms with Gasteiger partial charge in [0.1, 0.15) is 5.82 Å². The Kier molecular flexibility index (Phi) is 3.04. The first-order chi connectivity index (χ1) is 8.83. The largest absolute Gasteiger partial charge is 0.365 e. The normalized spacial score (nSPS) is 16.3. The van der Waals surface area contributed by atoms with E-state index in [9.17, 15) is 0 Å². The number of rotatable bonds is 4. The average molecular weight is 245 g/mol. The molecule has 0 atom stereocenters. The van der Waals surface area contributed by atoms with E-state index in [2.05, 4.69) is 32.5 Å².